The maximum Gasteiger partial charge on any atom is 0.146 e. The molecule has 112 valence electrons. The van der Waals surface area contributed by atoms with Gasteiger partial charge in [0, 0.05) is 18.2 Å². The topological polar surface area (TPSA) is 56.5 Å². The van der Waals surface area contributed by atoms with Crippen LogP contribution >= 0.6 is 0 Å². The molecule has 21 heavy (non-hydrogen) atoms. The highest BCUT2D eigenvalue weighted by molar-refractivity contribution is 5.50. The lowest BCUT2D eigenvalue weighted by molar-refractivity contribution is 0.389. The molecule has 0 aliphatic carbocycles. The standard InChI is InChI=1S/C16H19FN2O2/c1-20-11-7-8-12(16(9-11)21-2)15(10-18)19-14-6-4-3-5-13(14)17/h3-9,15,19H,10,18H2,1-2H3. The fraction of sp³-hybridized carbons (Fsp3) is 0.250. The Kier molecular flexibility index (Phi) is 5.00. The van der Waals surface area contributed by atoms with Crippen LogP contribution in [-0.2, 0) is 0 Å². The summed E-state index contributed by atoms with van der Waals surface area (Å²) in [5, 5.41) is 3.10. The van der Waals surface area contributed by atoms with E-state index in [1.54, 1.807) is 38.5 Å². The Morgan fingerprint density at radius 3 is 2.52 bits per heavy atom. The molecule has 0 bridgehead atoms. The fourth-order valence-corrected chi connectivity index (χ4v) is 2.14. The van der Waals surface area contributed by atoms with Crippen LogP contribution in [0.2, 0.25) is 0 Å². The number of rotatable bonds is 6. The minimum atomic E-state index is -0.316. The summed E-state index contributed by atoms with van der Waals surface area (Å²) in [6.07, 6.45) is 0. The SMILES string of the molecule is COc1ccc(C(CN)Nc2ccccc2F)c(OC)c1. The van der Waals surface area contributed by atoms with Crippen LogP contribution in [0.3, 0.4) is 0 Å². The molecule has 0 aromatic heterocycles. The highest BCUT2D eigenvalue weighted by Gasteiger charge is 2.16. The predicted molar refractivity (Wildman–Crippen MR) is 81.4 cm³/mol. The van der Waals surface area contributed by atoms with Crippen LogP contribution in [0.25, 0.3) is 0 Å². The smallest absolute Gasteiger partial charge is 0.146 e. The zero-order valence-electron chi connectivity index (χ0n) is 12.1. The van der Waals surface area contributed by atoms with E-state index in [1.165, 1.54) is 6.07 Å². The molecule has 0 amide bonds. The molecule has 3 N–H and O–H groups in total. The van der Waals surface area contributed by atoms with Crippen LogP contribution in [0, 0.1) is 5.82 Å². The average Bonchev–Trinajstić information content (AvgIpc) is 2.53. The van der Waals surface area contributed by atoms with Gasteiger partial charge in [0.05, 0.1) is 25.9 Å². The number of methoxy groups -OCH3 is 2. The summed E-state index contributed by atoms with van der Waals surface area (Å²) < 4.78 is 24.3. The Morgan fingerprint density at radius 1 is 1.14 bits per heavy atom. The van der Waals surface area contributed by atoms with E-state index in [1.807, 2.05) is 12.1 Å². The number of para-hydroxylation sites is 1. The largest absolute Gasteiger partial charge is 0.497 e. The molecule has 0 aliphatic heterocycles. The second kappa shape index (κ2) is 6.95. The Hall–Kier alpha value is -2.27. The Labute approximate surface area is 123 Å². The van der Waals surface area contributed by atoms with Gasteiger partial charge in [0.25, 0.3) is 0 Å². The van der Waals surface area contributed by atoms with E-state index in [9.17, 15) is 4.39 Å². The van der Waals surface area contributed by atoms with E-state index >= 15 is 0 Å². The monoisotopic (exact) mass is 290 g/mol. The van der Waals surface area contributed by atoms with E-state index in [2.05, 4.69) is 5.32 Å². The van der Waals surface area contributed by atoms with Gasteiger partial charge in [-0.15, -0.1) is 0 Å². The summed E-state index contributed by atoms with van der Waals surface area (Å²) in [6.45, 7) is 0.303. The zero-order chi connectivity index (χ0) is 15.2. The summed E-state index contributed by atoms with van der Waals surface area (Å²) in [7, 11) is 3.17. The Morgan fingerprint density at radius 2 is 1.90 bits per heavy atom. The fourth-order valence-electron chi connectivity index (χ4n) is 2.14. The maximum absolute atomic E-state index is 13.7. The Bertz CT molecular complexity index is 605. The normalized spacial score (nSPS) is 11.8. The molecular weight excluding hydrogens is 271 g/mol. The lowest BCUT2D eigenvalue weighted by Gasteiger charge is -2.21. The molecular formula is C16H19FN2O2. The molecule has 4 nitrogen and oxygen atoms in total. The second-order valence-corrected chi connectivity index (χ2v) is 4.52. The van der Waals surface area contributed by atoms with Crippen molar-refractivity contribution in [2.24, 2.45) is 5.73 Å². The van der Waals surface area contributed by atoms with Crippen LogP contribution in [0.5, 0.6) is 11.5 Å². The number of hydrogen-bond donors (Lipinski definition) is 2. The van der Waals surface area contributed by atoms with Crippen molar-refractivity contribution in [1.82, 2.24) is 0 Å². The molecule has 0 fully saturated rings. The third-order valence-electron chi connectivity index (χ3n) is 3.26. The third kappa shape index (κ3) is 3.44. The highest BCUT2D eigenvalue weighted by atomic mass is 19.1. The van der Waals surface area contributed by atoms with Crippen molar-refractivity contribution in [2.75, 3.05) is 26.1 Å². The van der Waals surface area contributed by atoms with Gasteiger partial charge in [-0.05, 0) is 24.3 Å². The molecule has 0 aliphatic rings. The number of anilines is 1. The molecule has 0 heterocycles. The number of halogens is 1. The lowest BCUT2D eigenvalue weighted by Crippen LogP contribution is -2.21. The molecule has 0 saturated carbocycles. The summed E-state index contributed by atoms with van der Waals surface area (Å²) in [5.74, 6) is 1.02. The summed E-state index contributed by atoms with van der Waals surface area (Å²) in [5.41, 5.74) is 7.08. The van der Waals surface area contributed by atoms with Gasteiger partial charge in [-0.2, -0.15) is 0 Å². The first-order chi connectivity index (χ1) is 10.2. The van der Waals surface area contributed by atoms with Crippen molar-refractivity contribution in [1.29, 1.82) is 0 Å². The van der Waals surface area contributed by atoms with Gasteiger partial charge in [0.1, 0.15) is 17.3 Å². The van der Waals surface area contributed by atoms with Gasteiger partial charge in [0.2, 0.25) is 0 Å². The first-order valence-electron chi connectivity index (χ1n) is 6.62. The maximum atomic E-state index is 13.7. The molecule has 5 heteroatoms. The number of nitrogens with one attached hydrogen (secondary N) is 1. The van der Waals surface area contributed by atoms with Crippen LogP contribution in [-0.4, -0.2) is 20.8 Å². The third-order valence-corrected chi connectivity index (χ3v) is 3.26. The number of benzene rings is 2. The van der Waals surface area contributed by atoms with Crippen molar-refractivity contribution in [3.8, 4) is 11.5 Å². The molecule has 1 unspecified atom stereocenters. The zero-order valence-corrected chi connectivity index (χ0v) is 12.1. The molecule has 2 rings (SSSR count). The first kappa shape index (κ1) is 15.1. The highest BCUT2D eigenvalue weighted by Crippen LogP contribution is 2.31. The minimum Gasteiger partial charge on any atom is -0.497 e. The van der Waals surface area contributed by atoms with Crippen molar-refractivity contribution >= 4 is 5.69 Å². The molecule has 0 spiro atoms. The van der Waals surface area contributed by atoms with Crippen molar-refractivity contribution < 1.29 is 13.9 Å². The van der Waals surface area contributed by atoms with Gasteiger partial charge < -0.3 is 20.5 Å². The van der Waals surface area contributed by atoms with Gasteiger partial charge in [-0.3, -0.25) is 0 Å². The van der Waals surface area contributed by atoms with E-state index in [0.29, 0.717) is 23.7 Å². The van der Waals surface area contributed by atoms with Crippen LogP contribution < -0.4 is 20.5 Å². The minimum absolute atomic E-state index is 0.261. The van der Waals surface area contributed by atoms with Gasteiger partial charge in [0.15, 0.2) is 0 Å². The summed E-state index contributed by atoms with van der Waals surface area (Å²) in [4.78, 5) is 0. The van der Waals surface area contributed by atoms with Crippen LogP contribution in [0.15, 0.2) is 42.5 Å². The molecule has 2 aromatic rings. The van der Waals surface area contributed by atoms with E-state index in [-0.39, 0.29) is 11.9 Å². The summed E-state index contributed by atoms with van der Waals surface area (Å²) in [6, 6.07) is 11.7. The Balaban J connectivity index is 2.31. The van der Waals surface area contributed by atoms with Crippen LogP contribution in [0.4, 0.5) is 10.1 Å². The molecule has 0 radical (unpaired) electrons. The molecule has 2 aromatic carbocycles. The summed E-state index contributed by atoms with van der Waals surface area (Å²) >= 11 is 0. The van der Waals surface area contributed by atoms with Gasteiger partial charge in [-0.25, -0.2) is 4.39 Å². The van der Waals surface area contributed by atoms with Crippen molar-refractivity contribution in [3.05, 3.63) is 53.8 Å². The average molecular weight is 290 g/mol. The van der Waals surface area contributed by atoms with Crippen LogP contribution in [0.1, 0.15) is 11.6 Å². The van der Waals surface area contributed by atoms with Gasteiger partial charge in [-0.1, -0.05) is 12.1 Å². The van der Waals surface area contributed by atoms with Crippen molar-refractivity contribution in [2.45, 2.75) is 6.04 Å². The number of nitrogens with two attached hydrogens (primary N) is 1. The number of ether oxygens (including phenoxy) is 2. The molecule has 0 saturated heterocycles. The number of hydrogen-bond acceptors (Lipinski definition) is 4. The first-order valence-corrected chi connectivity index (χ1v) is 6.62. The quantitative estimate of drug-likeness (QED) is 0.859. The predicted octanol–water partition coefficient (Wildman–Crippen LogP) is 2.95. The molecule has 1 atom stereocenters. The van der Waals surface area contributed by atoms with Crippen molar-refractivity contribution in [3.63, 3.8) is 0 Å². The van der Waals surface area contributed by atoms with E-state index < -0.39 is 0 Å². The van der Waals surface area contributed by atoms with E-state index in [4.69, 9.17) is 15.2 Å². The second-order valence-electron chi connectivity index (χ2n) is 4.52. The lowest BCUT2D eigenvalue weighted by atomic mass is 10.0. The van der Waals surface area contributed by atoms with E-state index in [0.717, 1.165) is 5.56 Å². The van der Waals surface area contributed by atoms with Gasteiger partial charge >= 0.3 is 0 Å².